The largest absolute Gasteiger partial charge is 0.381 e. The molecule has 0 N–H and O–H groups in total. The Hall–Kier alpha value is -1.15. The molecule has 0 amide bonds. The summed E-state index contributed by atoms with van der Waals surface area (Å²) in [6.07, 6.45) is 5.27. The van der Waals surface area contributed by atoms with Gasteiger partial charge >= 0.3 is 0 Å². The predicted molar refractivity (Wildman–Crippen MR) is 60.5 cm³/mol. The average Bonchev–Trinajstić information content (AvgIpc) is 2.30. The van der Waals surface area contributed by atoms with Crippen molar-refractivity contribution in [2.45, 2.75) is 24.8 Å². The van der Waals surface area contributed by atoms with Crippen molar-refractivity contribution in [2.24, 2.45) is 4.99 Å². The Morgan fingerprint density at radius 2 is 1.93 bits per heavy atom. The summed E-state index contributed by atoms with van der Waals surface area (Å²) in [4.78, 5) is 4.76. The molecule has 1 fully saturated rings. The highest BCUT2D eigenvalue weighted by molar-refractivity contribution is 5.83. The van der Waals surface area contributed by atoms with Crippen molar-refractivity contribution < 1.29 is 4.74 Å². The lowest BCUT2D eigenvalue weighted by atomic mass is 9.81. The lowest BCUT2D eigenvalue weighted by molar-refractivity contribution is 0.0539. The molecule has 2 nitrogen and oxygen atoms in total. The van der Waals surface area contributed by atoms with Gasteiger partial charge in [-0.05, 0) is 30.4 Å². The summed E-state index contributed by atoms with van der Waals surface area (Å²) < 4.78 is 5.41. The molecule has 0 radical (unpaired) electrons. The molecule has 2 aliphatic rings. The van der Waals surface area contributed by atoms with Gasteiger partial charge in [0.05, 0.1) is 5.54 Å². The third kappa shape index (κ3) is 1.59. The summed E-state index contributed by atoms with van der Waals surface area (Å²) in [7, 11) is 0. The minimum absolute atomic E-state index is 0.145. The number of fused-ring (bicyclic) bond motifs is 1. The molecule has 1 spiro atoms. The molecule has 0 saturated carbocycles. The quantitative estimate of drug-likeness (QED) is 0.630. The van der Waals surface area contributed by atoms with Crippen LogP contribution >= 0.6 is 0 Å². The monoisotopic (exact) mass is 201 g/mol. The average molecular weight is 201 g/mol. The number of rotatable bonds is 0. The van der Waals surface area contributed by atoms with E-state index < -0.39 is 0 Å². The topological polar surface area (TPSA) is 21.6 Å². The molecule has 2 heteroatoms. The fourth-order valence-corrected chi connectivity index (χ4v) is 2.48. The molecule has 3 rings (SSSR count). The highest BCUT2D eigenvalue weighted by Crippen LogP contribution is 2.32. The van der Waals surface area contributed by atoms with Gasteiger partial charge in [0.1, 0.15) is 0 Å². The van der Waals surface area contributed by atoms with Gasteiger partial charge in [-0.2, -0.15) is 0 Å². The molecule has 1 aromatic rings. The fourth-order valence-electron chi connectivity index (χ4n) is 2.48. The van der Waals surface area contributed by atoms with Gasteiger partial charge in [-0.1, -0.05) is 24.3 Å². The van der Waals surface area contributed by atoms with Crippen molar-refractivity contribution in [3.8, 4) is 0 Å². The first kappa shape index (κ1) is 9.10. The number of nitrogens with zero attached hydrogens (tertiary/aromatic N) is 1. The summed E-state index contributed by atoms with van der Waals surface area (Å²) in [6, 6.07) is 8.56. The molecule has 0 aliphatic carbocycles. The van der Waals surface area contributed by atoms with Crippen LogP contribution in [-0.2, 0) is 11.2 Å². The van der Waals surface area contributed by atoms with Crippen molar-refractivity contribution in [1.82, 2.24) is 0 Å². The minimum Gasteiger partial charge on any atom is -0.381 e. The van der Waals surface area contributed by atoms with Crippen LogP contribution in [0, 0.1) is 0 Å². The molecule has 0 aromatic heterocycles. The van der Waals surface area contributed by atoms with Gasteiger partial charge in [-0.3, -0.25) is 4.99 Å². The highest BCUT2D eigenvalue weighted by Gasteiger charge is 2.34. The predicted octanol–water partition coefficient (Wildman–Crippen LogP) is 2.21. The van der Waals surface area contributed by atoms with Crippen LogP contribution in [0.2, 0.25) is 0 Å². The number of ether oxygens (including phenoxy) is 1. The van der Waals surface area contributed by atoms with E-state index in [9.17, 15) is 0 Å². The maximum absolute atomic E-state index is 5.41. The molecule has 0 bridgehead atoms. The van der Waals surface area contributed by atoms with Crippen LogP contribution in [0.3, 0.4) is 0 Å². The molecule has 78 valence electrons. The zero-order chi connectivity index (χ0) is 10.1. The Balaban J connectivity index is 1.94. The van der Waals surface area contributed by atoms with Crippen LogP contribution in [0.15, 0.2) is 29.3 Å². The summed E-state index contributed by atoms with van der Waals surface area (Å²) >= 11 is 0. The van der Waals surface area contributed by atoms with Crippen molar-refractivity contribution >= 4 is 6.21 Å². The van der Waals surface area contributed by atoms with Crippen molar-refractivity contribution in [1.29, 1.82) is 0 Å². The first-order chi connectivity index (χ1) is 7.38. The molecule has 1 saturated heterocycles. The third-order valence-corrected chi connectivity index (χ3v) is 3.48. The second-order valence-corrected chi connectivity index (χ2v) is 4.47. The lowest BCUT2D eigenvalue weighted by Crippen LogP contribution is -2.38. The Labute approximate surface area is 90.0 Å². The van der Waals surface area contributed by atoms with Gasteiger partial charge in [0, 0.05) is 19.4 Å². The van der Waals surface area contributed by atoms with Crippen LogP contribution in [0.5, 0.6) is 0 Å². The van der Waals surface area contributed by atoms with Crippen molar-refractivity contribution in [3.05, 3.63) is 35.4 Å². The molecular formula is C13H15NO. The van der Waals surface area contributed by atoms with Crippen LogP contribution in [-0.4, -0.2) is 25.0 Å². The van der Waals surface area contributed by atoms with E-state index in [1.807, 2.05) is 6.21 Å². The number of benzene rings is 1. The first-order valence-electron chi connectivity index (χ1n) is 5.59. The smallest absolute Gasteiger partial charge is 0.0692 e. The zero-order valence-electron chi connectivity index (χ0n) is 8.78. The molecule has 1 aromatic carbocycles. The van der Waals surface area contributed by atoms with Crippen LogP contribution < -0.4 is 0 Å². The van der Waals surface area contributed by atoms with Gasteiger partial charge in [0.25, 0.3) is 0 Å². The van der Waals surface area contributed by atoms with E-state index in [2.05, 4.69) is 24.3 Å². The summed E-state index contributed by atoms with van der Waals surface area (Å²) in [5, 5.41) is 0. The second-order valence-electron chi connectivity index (χ2n) is 4.47. The molecule has 0 unspecified atom stereocenters. The van der Waals surface area contributed by atoms with Gasteiger partial charge < -0.3 is 4.74 Å². The van der Waals surface area contributed by atoms with Crippen LogP contribution in [0.1, 0.15) is 24.0 Å². The van der Waals surface area contributed by atoms with Gasteiger partial charge in [-0.25, -0.2) is 0 Å². The van der Waals surface area contributed by atoms with E-state index in [4.69, 9.17) is 9.73 Å². The van der Waals surface area contributed by atoms with E-state index in [-0.39, 0.29) is 5.54 Å². The van der Waals surface area contributed by atoms with Crippen LogP contribution in [0.4, 0.5) is 0 Å². The number of hydrogen-bond donors (Lipinski definition) is 0. The Kier molecular flexibility index (Phi) is 2.10. The van der Waals surface area contributed by atoms with Crippen molar-refractivity contribution in [2.75, 3.05) is 13.2 Å². The number of aliphatic imine (C=N–C) groups is 1. The molecule has 0 atom stereocenters. The zero-order valence-corrected chi connectivity index (χ0v) is 8.78. The summed E-state index contributed by atoms with van der Waals surface area (Å²) in [5.41, 5.74) is 2.87. The number of hydrogen-bond acceptors (Lipinski definition) is 2. The standard InChI is InChI=1S/C13H15NO/c1-2-4-12-10-14-13(9-11(12)3-1)5-7-15-8-6-13/h1-4,10H,5-9H2. The Morgan fingerprint density at radius 3 is 2.80 bits per heavy atom. The maximum Gasteiger partial charge on any atom is 0.0692 e. The molecular weight excluding hydrogens is 186 g/mol. The molecule has 15 heavy (non-hydrogen) atoms. The van der Waals surface area contributed by atoms with E-state index in [1.54, 1.807) is 0 Å². The van der Waals surface area contributed by atoms with Gasteiger partial charge in [0.2, 0.25) is 0 Å². The minimum atomic E-state index is 0.145. The Morgan fingerprint density at radius 1 is 1.13 bits per heavy atom. The fraction of sp³-hybridized carbons (Fsp3) is 0.462. The van der Waals surface area contributed by atoms with E-state index in [1.165, 1.54) is 11.1 Å². The lowest BCUT2D eigenvalue weighted by Gasteiger charge is -2.36. The second kappa shape index (κ2) is 3.46. The first-order valence-corrected chi connectivity index (χ1v) is 5.59. The third-order valence-electron chi connectivity index (χ3n) is 3.48. The normalized spacial score (nSPS) is 22.7. The summed E-state index contributed by atoms with van der Waals surface area (Å²) in [5.74, 6) is 0. The molecule has 2 heterocycles. The van der Waals surface area contributed by atoms with Crippen LogP contribution in [0.25, 0.3) is 0 Å². The maximum atomic E-state index is 5.41. The van der Waals surface area contributed by atoms with E-state index in [0.717, 1.165) is 32.5 Å². The van der Waals surface area contributed by atoms with E-state index in [0.29, 0.717) is 0 Å². The summed E-state index contributed by atoms with van der Waals surface area (Å²) in [6.45, 7) is 1.72. The van der Waals surface area contributed by atoms with E-state index >= 15 is 0 Å². The Bertz CT molecular complexity index is 391. The van der Waals surface area contributed by atoms with Gasteiger partial charge in [0.15, 0.2) is 0 Å². The van der Waals surface area contributed by atoms with Crippen molar-refractivity contribution in [3.63, 3.8) is 0 Å². The molecule has 2 aliphatic heterocycles. The highest BCUT2D eigenvalue weighted by atomic mass is 16.5. The van der Waals surface area contributed by atoms with Gasteiger partial charge in [-0.15, -0.1) is 0 Å². The SMILES string of the molecule is C1=NC2(CCOCC2)Cc2ccccc21.